The summed E-state index contributed by atoms with van der Waals surface area (Å²) in [6.07, 6.45) is 0. The Morgan fingerprint density at radius 3 is 2.14 bits per heavy atom. The second kappa shape index (κ2) is 10.2. The molecule has 0 unspecified atom stereocenters. The van der Waals surface area contributed by atoms with Crippen LogP contribution in [0.4, 0.5) is 0 Å². The molecule has 0 bridgehead atoms. The molecule has 0 aliphatic carbocycles. The molecule has 51 heavy (non-hydrogen) atoms. The first-order valence-corrected chi connectivity index (χ1v) is 18.0. The van der Waals surface area contributed by atoms with E-state index in [1.807, 2.05) is 0 Å². The molecule has 0 spiro atoms. The Morgan fingerprint density at radius 2 is 1.33 bits per heavy atom. The standard InChI is InChI=1S/C47H40N4/c1-27-22-38-41(23-28(27)2)51-44(48-38)33-17-13-16-32(42(33)49-45(51)46(3,4)5)31-25-35-34-24-30(29-14-9-8-10-15-29)20-21-39(34)50-40-19-12-11-18-36(40)47(6,7)37(26-31)43(35)50/h8-26H,1-7H3. The van der Waals surface area contributed by atoms with E-state index < -0.39 is 0 Å². The highest BCUT2D eigenvalue weighted by atomic mass is 15.1. The van der Waals surface area contributed by atoms with Gasteiger partial charge in [-0.1, -0.05) is 101 Å². The van der Waals surface area contributed by atoms with Crippen molar-refractivity contribution in [1.82, 2.24) is 18.9 Å². The van der Waals surface area contributed by atoms with Gasteiger partial charge in [-0.2, -0.15) is 0 Å². The van der Waals surface area contributed by atoms with Crippen LogP contribution >= 0.6 is 0 Å². The highest BCUT2D eigenvalue weighted by molar-refractivity contribution is 6.15. The highest BCUT2D eigenvalue weighted by Gasteiger charge is 2.36. The molecular formula is C47H40N4. The normalized spacial score (nSPS) is 13.9. The lowest BCUT2D eigenvalue weighted by atomic mass is 9.74. The maximum atomic E-state index is 5.59. The molecule has 0 saturated heterocycles. The third kappa shape index (κ3) is 4.14. The Morgan fingerprint density at radius 1 is 0.588 bits per heavy atom. The molecule has 4 heterocycles. The summed E-state index contributed by atoms with van der Waals surface area (Å²) in [6, 6.07) is 42.6. The van der Waals surface area contributed by atoms with Gasteiger partial charge in [-0.25, -0.2) is 9.97 Å². The van der Waals surface area contributed by atoms with Crippen LogP contribution in [0.15, 0.2) is 115 Å². The Labute approximate surface area is 298 Å². The zero-order chi connectivity index (χ0) is 35.0. The van der Waals surface area contributed by atoms with Crippen molar-refractivity contribution in [2.75, 3.05) is 0 Å². The number of imidazole rings is 1. The largest absolute Gasteiger partial charge is 0.309 e. The Balaban J connectivity index is 1.33. The molecule has 0 saturated carbocycles. The third-order valence-corrected chi connectivity index (χ3v) is 11.4. The number of rotatable bonds is 2. The molecule has 0 atom stereocenters. The molecule has 3 aromatic heterocycles. The van der Waals surface area contributed by atoms with Gasteiger partial charge in [0, 0.05) is 32.6 Å². The van der Waals surface area contributed by atoms with E-state index in [1.54, 1.807) is 0 Å². The van der Waals surface area contributed by atoms with Crippen molar-refractivity contribution in [3.63, 3.8) is 0 Å². The quantitative estimate of drug-likeness (QED) is 0.185. The molecule has 0 amide bonds. The van der Waals surface area contributed by atoms with Crippen LogP contribution in [-0.2, 0) is 10.8 Å². The van der Waals surface area contributed by atoms with Crippen LogP contribution in [0.2, 0.25) is 0 Å². The fourth-order valence-electron chi connectivity index (χ4n) is 8.65. The van der Waals surface area contributed by atoms with Crippen molar-refractivity contribution in [2.24, 2.45) is 0 Å². The minimum atomic E-state index is -0.213. The summed E-state index contributed by atoms with van der Waals surface area (Å²) in [5.74, 6) is 1.02. The predicted octanol–water partition coefficient (Wildman–Crippen LogP) is 12.0. The first-order valence-electron chi connectivity index (χ1n) is 18.0. The highest BCUT2D eigenvalue weighted by Crippen LogP contribution is 2.50. The lowest BCUT2D eigenvalue weighted by Crippen LogP contribution is -2.26. The summed E-state index contributed by atoms with van der Waals surface area (Å²) in [6.45, 7) is 15.9. The van der Waals surface area contributed by atoms with Gasteiger partial charge in [0.25, 0.3) is 0 Å². The SMILES string of the molecule is Cc1cc2nc3c4cccc(-c5cc6c7c(c5)c5cc(-c8ccccc8)ccc5n7-c5ccccc5C6(C)C)c4nc(C(C)(C)C)n3c2cc1C. The number of hydrogen-bond acceptors (Lipinski definition) is 2. The second-order valence-electron chi connectivity index (χ2n) is 16.1. The van der Waals surface area contributed by atoms with Crippen LogP contribution in [0.3, 0.4) is 0 Å². The van der Waals surface area contributed by atoms with Crippen molar-refractivity contribution in [3.05, 3.63) is 143 Å². The average molecular weight is 661 g/mol. The Bertz CT molecular complexity index is 2930. The summed E-state index contributed by atoms with van der Waals surface area (Å²) in [7, 11) is 0. The van der Waals surface area contributed by atoms with Gasteiger partial charge < -0.3 is 4.57 Å². The average Bonchev–Trinajstić information content (AvgIpc) is 3.65. The topological polar surface area (TPSA) is 35.1 Å². The van der Waals surface area contributed by atoms with Gasteiger partial charge in [-0.15, -0.1) is 0 Å². The van der Waals surface area contributed by atoms with Gasteiger partial charge in [0.15, 0.2) is 0 Å². The van der Waals surface area contributed by atoms with Gasteiger partial charge in [0.05, 0.1) is 33.3 Å². The van der Waals surface area contributed by atoms with Gasteiger partial charge in [-0.05, 0) is 101 Å². The minimum absolute atomic E-state index is 0.212. The smallest absolute Gasteiger partial charge is 0.148 e. The van der Waals surface area contributed by atoms with E-state index >= 15 is 0 Å². The maximum Gasteiger partial charge on any atom is 0.148 e. The number of aromatic nitrogens is 4. The van der Waals surface area contributed by atoms with Crippen molar-refractivity contribution < 1.29 is 0 Å². The van der Waals surface area contributed by atoms with Crippen LogP contribution in [-0.4, -0.2) is 18.9 Å². The molecule has 4 heteroatoms. The monoisotopic (exact) mass is 660 g/mol. The van der Waals surface area contributed by atoms with Crippen molar-refractivity contribution in [2.45, 2.75) is 59.3 Å². The number of fused-ring (bicyclic) bond motifs is 10. The molecule has 0 N–H and O–H groups in total. The summed E-state index contributed by atoms with van der Waals surface area (Å²) < 4.78 is 4.81. The van der Waals surface area contributed by atoms with E-state index in [4.69, 9.17) is 9.97 Å². The third-order valence-electron chi connectivity index (χ3n) is 11.4. The van der Waals surface area contributed by atoms with Gasteiger partial charge >= 0.3 is 0 Å². The molecule has 9 aromatic rings. The number of hydrogen-bond donors (Lipinski definition) is 0. The van der Waals surface area contributed by atoms with E-state index in [9.17, 15) is 0 Å². The number of para-hydroxylation sites is 2. The first kappa shape index (κ1) is 30.1. The second-order valence-corrected chi connectivity index (χ2v) is 16.1. The molecule has 10 rings (SSSR count). The van der Waals surface area contributed by atoms with E-state index in [1.165, 1.54) is 66.4 Å². The molecule has 248 valence electrons. The summed E-state index contributed by atoms with van der Waals surface area (Å²) >= 11 is 0. The van der Waals surface area contributed by atoms with Crippen LogP contribution in [0.25, 0.3) is 77.3 Å². The van der Waals surface area contributed by atoms with Gasteiger partial charge in [0.2, 0.25) is 0 Å². The number of benzene rings is 6. The lowest BCUT2D eigenvalue weighted by Gasteiger charge is -2.35. The molecule has 1 aliphatic rings. The van der Waals surface area contributed by atoms with Crippen molar-refractivity contribution in [1.29, 1.82) is 0 Å². The zero-order valence-electron chi connectivity index (χ0n) is 30.3. The fraction of sp³-hybridized carbons (Fsp3) is 0.191. The Kier molecular flexibility index (Phi) is 6.00. The van der Waals surface area contributed by atoms with E-state index in [2.05, 4.69) is 173 Å². The van der Waals surface area contributed by atoms with Crippen LogP contribution in [0.5, 0.6) is 0 Å². The molecular weight excluding hydrogens is 621 g/mol. The molecule has 6 aromatic carbocycles. The summed E-state index contributed by atoms with van der Waals surface area (Å²) in [5, 5.41) is 3.60. The minimum Gasteiger partial charge on any atom is -0.309 e. The summed E-state index contributed by atoms with van der Waals surface area (Å²) in [4.78, 5) is 10.9. The van der Waals surface area contributed by atoms with Gasteiger partial charge in [0.1, 0.15) is 11.5 Å². The molecule has 0 fully saturated rings. The molecule has 0 radical (unpaired) electrons. The lowest BCUT2D eigenvalue weighted by molar-refractivity contribution is 0.542. The van der Waals surface area contributed by atoms with E-state index in [-0.39, 0.29) is 10.8 Å². The summed E-state index contributed by atoms with van der Waals surface area (Å²) in [5.41, 5.74) is 17.4. The zero-order valence-corrected chi connectivity index (χ0v) is 30.3. The van der Waals surface area contributed by atoms with Crippen LogP contribution in [0, 0.1) is 13.8 Å². The van der Waals surface area contributed by atoms with E-state index in [0.717, 1.165) is 39.0 Å². The van der Waals surface area contributed by atoms with Gasteiger partial charge in [-0.3, -0.25) is 4.40 Å². The fourth-order valence-corrected chi connectivity index (χ4v) is 8.65. The van der Waals surface area contributed by atoms with E-state index in [0.29, 0.717) is 0 Å². The number of aryl methyl sites for hydroxylation is 2. The van der Waals surface area contributed by atoms with Crippen molar-refractivity contribution >= 4 is 49.4 Å². The van der Waals surface area contributed by atoms with Crippen LogP contribution < -0.4 is 0 Å². The maximum absolute atomic E-state index is 5.59. The Hall–Kier alpha value is -5.74. The molecule has 4 nitrogen and oxygen atoms in total. The van der Waals surface area contributed by atoms with Crippen LogP contribution in [0.1, 0.15) is 62.7 Å². The predicted molar refractivity (Wildman–Crippen MR) is 214 cm³/mol. The first-order chi connectivity index (χ1) is 24.5. The van der Waals surface area contributed by atoms with Crippen molar-refractivity contribution in [3.8, 4) is 27.9 Å². The number of nitrogens with zero attached hydrogens (tertiary/aromatic N) is 4. The molecule has 1 aliphatic heterocycles.